The summed E-state index contributed by atoms with van der Waals surface area (Å²) in [7, 11) is 0. The quantitative estimate of drug-likeness (QED) is 0.599. The highest BCUT2D eigenvalue weighted by atomic mass is 32.1. The first-order valence-corrected chi connectivity index (χ1v) is 11.5. The summed E-state index contributed by atoms with van der Waals surface area (Å²) in [5.74, 6) is 1.38. The Kier molecular flexibility index (Phi) is 5.18. The van der Waals surface area contributed by atoms with Crippen LogP contribution in [0.25, 0.3) is 0 Å². The Labute approximate surface area is 182 Å². The zero-order valence-corrected chi connectivity index (χ0v) is 17.8. The Bertz CT molecular complexity index is 1070. The van der Waals surface area contributed by atoms with E-state index in [4.69, 9.17) is 9.47 Å². The number of anilines is 2. The van der Waals surface area contributed by atoms with Gasteiger partial charge in [0.2, 0.25) is 5.91 Å². The third-order valence-electron chi connectivity index (χ3n) is 4.99. The van der Waals surface area contributed by atoms with Crippen molar-refractivity contribution in [2.45, 2.75) is 19.4 Å². The van der Waals surface area contributed by atoms with Crippen molar-refractivity contribution >= 4 is 45.2 Å². The van der Waals surface area contributed by atoms with Gasteiger partial charge in [0, 0.05) is 22.5 Å². The van der Waals surface area contributed by atoms with Gasteiger partial charge in [-0.25, -0.2) is 0 Å². The van der Waals surface area contributed by atoms with Gasteiger partial charge in [-0.1, -0.05) is 6.07 Å². The van der Waals surface area contributed by atoms with E-state index in [1.54, 1.807) is 28.4 Å². The van der Waals surface area contributed by atoms with Crippen molar-refractivity contribution in [2.75, 3.05) is 23.4 Å². The van der Waals surface area contributed by atoms with Gasteiger partial charge >= 0.3 is 0 Å². The third-order valence-corrected chi connectivity index (χ3v) is 6.84. The van der Waals surface area contributed by atoms with E-state index >= 15 is 0 Å². The lowest BCUT2D eigenvalue weighted by Gasteiger charge is -2.25. The van der Waals surface area contributed by atoms with E-state index in [-0.39, 0.29) is 17.7 Å². The number of fused-ring (bicyclic) bond motifs is 1. The van der Waals surface area contributed by atoms with Crippen molar-refractivity contribution in [3.8, 4) is 11.5 Å². The molecule has 8 heteroatoms. The minimum absolute atomic E-state index is 0.0399. The molecule has 30 heavy (non-hydrogen) atoms. The van der Waals surface area contributed by atoms with Gasteiger partial charge in [-0.15, -0.1) is 22.7 Å². The maximum absolute atomic E-state index is 13.4. The van der Waals surface area contributed by atoms with E-state index in [1.165, 1.54) is 11.3 Å². The predicted molar refractivity (Wildman–Crippen MR) is 118 cm³/mol. The number of benzene rings is 1. The van der Waals surface area contributed by atoms with Crippen LogP contribution in [0.3, 0.4) is 0 Å². The molecule has 1 aliphatic carbocycles. The Balaban J connectivity index is 1.42. The molecule has 2 aromatic heterocycles. The highest BCUT2D eigenvalue weighted by molar-refractivity contribution is 7.18. The van der Waals surface area contributed by atoms with Crippen molar-refractivity contribution in [1.82, 2.24) is 0 Å². The van der Waals surface area contributed by atoms with Gasteiger partial charge in [0.1, 0.15) is 13.2 Å². The number of ether oxygens (including phenoxy) is 2. The zero-order valence-electron chi connectivity index (χ0n) is 16.1. The molecule has 0 radical (unpaired) electrons. The highest BCUT2D eigenvalue weighted by Crippen LogP contribution is 2.36. The molecule has 6 nitrogen and oxygen atoms in total. The maximum Gasteiger partial charge on any atom is 0.268 e. The van der Waals surface area contributed by atoms with Gasteiger partial charge in [-0.3, -0.25) is 9.59 Å². The van der Waals surface area contributed by atoms with Crippen molar-refractivity contribution in [3.63, 3.8) is 0 Å². The van der Waals surface area contributed by atoms with E-state index in [1.807, 2.05) is 35.7 Å². The second-order valence-corrected chi connectivity index (χ2v) is 9.34. The lowest BCUT2D eigenvalue weighted by molar-refractivity contribution is -0.117. The molecule has 2 aliphatic rings. The fraction of sp³-hybridized carbons (Fsp3) is 0.273. The molecular weight excluding hydrogens is 420 g/mol. The third kappa shape index (κ3) is 4.06. The molecular formula is C22H20N2O4S2. The van der Waals surface area contributed by atoms with Crippen LogP contribution >= 0.6 is 22.7 Å². The summed E-state index contributed by atoms with van der Waals surface area (Å²) >= 11 is 2.91. The first-order chi connectivity index (χ1) is 14.7. The average Bonchev–Trinajstić information content (AvgIpc) is 3.30. The SMILES string of the molecule is O=C(Nc1ccc(C(=O)N(Cc2cccs2)c2ccc3c(c2)OCCO3)s1)C1CC1. The molecule has 1 aliphatic heterocycles. The second-order valence-electron chi connectivity index (χ2n) is 7.23. The van der Waals surface area contributed by atoms with Crippen molar-refractivity contribution in [3.05, 3.63) is 57.6 Å². The van der Waals surface area contributed by atoms with Crippen molar-refractivity contribution < 1.29 is 19.1 Å². The van der Waals surface area contributed by atoms with Crippen LogP contribution in [-0.2, 0) is 11.3 Å². The minimum atomic E-state index is -0.114. The van der Waals surface area contributed by atoms with Crippen molar-refractivity contribution in [1.29, 1.82) is 0 Å². The topological polar surface area (TPSA) is 67.9 Å². The fourth-order valence-corrected chi connectivity index (χ4v) is 4.81. The van der Waals surface area contributed by atoms with Gasteiger partial charge in [0.05, 0.1) is 16.4 Å². The fourth-order valence-electron chi connectivity index (χ4n) is 3.26. The van der Waals surface area contributed by atoms with E-state index in [0.717, 1.165) is 23.4 Å². The number of nitrogens with zero attached hydrogens (tertiary/aromatic N) is 1. The molecule has 0 bridgehead atoms. The second kappa shape index (κ2) is 8.12. The molecule has 1 saturated carbocycles. The Hall–Kier alpha value is -2.84. The summed E-state index contributed by atoms with van der Waals surface area (Å²) < 4.78 is 11.3. The van der Waals surface area contributed by atoms with Gasteiger partial charge in [0.15, 0.2) is 11.5 Å². The van der Waals surface area contributed by atoms with Gasteiger partial charge in [-0.05, 0) is 48.6 Å². The van der Waals surface area contributed by atoms with Crippen LogP contribution in [0.1, 0.15) is 27.4 Å². The molecule has 0 spiro atoms. The monoisotopic (exact) mass is 440 g/mol. The van der Waals surface area contributed by atoms with Gasteiger partial charge in [-0.2, -0.15) is 0 Å². The van der Waals surface area contributed by atoms with Crippen LogP contribution in [0.2, 0.25) is 0 Å². The van der Waals surface area contributed by atoms with Gasteiger partial charge in [0.25, 0.3) is 5.91 Å². The summed E-state index contributed by atoms with van der Waals surface area (Å²) in [6.45, 7) is 1.47. The first kappa shape index (κ1) is 19.1. The summed E-state index contributed by atoms with van der Waals surface area (Å²) in [6, 6.07) is 13.1. The molecule has 3 aromatic rings. The predicted octanol–water partition coefficient (Wildman–Crippen LogP) is 4.78. The van der Waals surface area contributed by atoms with Crippen molar-refractivity contribution in [2.24, 2.45) is 5.92 Å². The van der Waals surface area contributed by atoms with Crippen LogP contribution in [0.15, 0.2) is 47.8 Å². The van der Waals surface area contributed by atoms with E-state index in [9.17, 15) is 9.59 Å². The lowest BCUT2D eigenvalue weighted by atomic mass is 10.2. The summed E-state index contributed by atoms with van der Waals surface area (Å²) in [4.78, 5) is 28.9. The molecule has 1 N–H and O–H groups in total. The number of hydrogen-bond acceptors (Lipinski definition) is 6. The van der Waals surface area contributed by atoms with E-state index in [0.29, 0.717) is 41.1 Å². The van der Waals surface area contributed by atoms with E-state index in [2.05, 4.69) is 5.32 Å². The van der Waals surface area contributed by atoms with Crippen LogP contribution in [0.5, 0.6) is 11.5 Å². The summed E-state index contributed by atoms with van der Waals surface area (Å²) in [5, 5.41) is 5.62. The number of amides is 2. The van der Waals surface area contributed by atoms with Crippen LogP contribution in [-0.4, -0.2) is 25.0 Å². The molecule has 0 saturated heterocycles. The highest BCUT2D eigenvalue weighted by Gasteiger charge is 2.30. The molecule has 3 heterocycles. The molecule has 0 unspecified atom stereocenters. The lowest BCUT2D eigenvalue weighted by Crippen LogP contribution is -2.29. The van der Waals surface area contributed by atoms with E-state index < -0.39 is 0 Å². The molecule has 2 amide bonds. The molecule has 0 atom stereocenters. The van der Waals surface area contributed by atoms with Crippen LogP contribution in [0, 0.1) is 5.92 Å². The molecule has 5 rings (SSSR count). The average molecular weight is 441 g/mol. The number of nitrogens with one attached hydrogen (secondary N) is 1. The number of rotatable bonds is 6. The maximum atomic E-state index is 13.4. The summed E-state index contributed by atoms with van der Waals surface area (Å²) in [6.07, 6.45) is 1.89. The number of hydrogen-bond donors (Lipinski definition) is 1. The van der Waals surface area contributed by atoms with Gasteiger partial charge < -0.3 is 19.7 Å². The Morgan fingerprint density at radius 3 is 2.67 bits per heavy atom. The largest absolute Gasteiger partial charge is 0.486 e. The van der Waals surface area contributed by atoms with Crippen LogP contribution in [0.4, 0.5) is 10.7 Å². The standard InChI is InChI=1S/C22H20N2O4S2/c25-21(14-3-4-14)23-20-8-7-19(30-20)22(26)24(13-16-2-1-11-29-16)15-5-6-17-18(12-15)28-10-9-27-17/h1-2,5-8,11-12,14H,3-4,9-10,13H2,(H,23,25). The zero-order chi connectivity index (χ0) is 20.5. The molecule has 1 fully saturated rings. The minimum Gasteiger partial charge on any atom is -0.486 e. The van der Waals surface area contributed by atoms with Crippen LogP contribution < -0.4 is 19.7 Å². The Morgan fingerprint density at radius 2 is 1.90 bits per heavy atom. The number of carbonyl (C=O) groups is 2. The first-order valence-electron chi connectivity index (χ1n) is 9.82. The smallest absolute Gasteiger partial charge is 0.268 e. The molecule has 154 valence electrons. The summed E-state index contributed by atoms with van der Waals surface area (Å²) in [5.41, 5.74) is 0.745. The normalized spacial score (nSPS) is 14.9. The molecule has 1 aromatic carbocycles. The number of carbonyl (C=O) groups excluding carboxylic acids is 2. The Morgan fingerprint density at radius 1 is 1.07 bits per heavy atom. The number of thiophene rings is 2.